The number of thiazole rings is 1. The van der Waals surface area contributed by atoms with Crippen molar-refractivity contribution >= 4 is 46.5 Å². The molecule has 2 bridgehead atoms. The molecule has 4 heterocycles. The van der Waals surface area contributed by atoms with Crippen LogP contribution in [0.3, 0.4) is 0 Å². The van der Waals surface area contributed by atoms with Gasteiger partial charge in [-0.05, 0) is 54.9 Å². The van der Waals surface area contributed by atoms with E-state index >= 15 is 0 Å². The Kier molecular flexibility index (Phi) is 5.20. The third kappa shape index (κ3) is 3.31. The van der Waals surface area contributed by atoms with Crippen LogP contribution in [0.25, 0.3) is 0 Å². The normalized spacial score (nSPS) is 32.1. The van der Waals surface area contributed by atoms with Gasteiger partial charge < -0.3 is 10.3 Å². The highest BCUT2D eigenvalue weighted by atomic mass is 32.2. The van der Waals surface area contributed by atoms with E-state index in [1.54, 1.807) is 37.0 Å². The minimum Gasteiger partial charge on any atom is -0.324 e. The molecule has 8 nitrogen and oxygen atoms in total. The molecule has 188 valence electrons. The lowest BCUT2D eigenvalue weighted by atomic mass is 9.68. The molecule has 8 unspecified atom stereocenters. The zero-order chi connectivity index (χ0) is 25.4. The lowest BCUT2D eigenvalue weighted by Gasteiger charge is -2.42. The number of carbonyl (C=O) groups is 3. The maximum atomic E-state index is 13.8. The highest BCUT2D eigenvalue weighted by Crippen LogP contribution is 2.68. The van der Waals surface area contributed by atoms with E-state index in [-0.39, 0.29) is 51.5 Å². The molecule has 8 atom stereocenters. The second-order valence-corrected chi connectivity index (χ2v) is 12.5. The van der Waals surface area contributed by atoms with Gasteiger partial charge in [-0.2, -0.15) is 0 Å². The van der Waals surface area contributed by atoms with Crippen LogP contribution in [0.5, 0.6) is 0 Å². The molecular weight excluding hydrogens is 508 g/mol. The van der Waals surface area contributed by atoms with Crippen LogP contribution in [-0.2, 0) is 14.4 Å². The van der Waals surface area contributed by atoms with Gasteiger partial charge in [-0.1, -0.05) is 35.6 Å². The molecular formula is C27H24N4O4S2. The van der Waals surface area contributed by atoms with Crippen LogP contribution in [0.1, 0.15) is 29.7 Å². The van der Waals surface area contributed by atoms with Gasteiger partial charge in [-0.3, -0.25) is 29.1 Å². The van der Waals surface area contributed by atoms with Crippen LogP contribution in [0, 0.1) is 29.6 Å². The SMILES string of the molecule is CC(C(=O)Nc1ccccc1)N1C(=O)C2C3CC(C2C1=O)C1C(c2cccnc2)c2sc(=O)[nH]c2SC31. The monoisotopic (exact) mass is 532 g/mol. The predicted octanol–water partition coefficient (Wildman–Crippen LogP) is 3.33. The number of thioether (sulfide) groups is 1. The van der Waals surface area contributed by atoms with E-state index in [4.69, 9.17) is 0 Å². The van der Waals surface area contributed by atoms with Crippen molar-refractivity contribution in [3.63, 3.8) is 0 Å². The number of anilines is 1. The quantitative estimate of drug-likeness (QED) is 0.499. The van der Waals surface area contributed by atoms with Crippen molar-refractivity contribution in [2.45, 2.75) is 35.6 Å². The van der Waals surface area contributed by atoms with Crippen LogP contribution >= 0.6 is 23.1 Å². The molecule has 0 spiro atoms. The molecule has 4 aliphatic rings. The molecule has 1 aromatic carbocycles. The van der Waals surface area contributed by atoms with Crippen LogP contribution in [0.4, 0.5) is 5.69 Å². The number of carbonyl (C=O) groups excluding carboxylic acids is 3. The summed E-state index contributed by atoms with van der Waals surface area (Å²) in [6.45, 7) is 1.62. The fourth-order valence-electron chi connectivity index (χ4n) is 7.24. The number of benzene rings is 1. The van der Waals surface area contributed by atoms with Crippen molar-refractivity contribution in [1.29, 1.82) is 0 Å². The number of fused-ring (bicyclic) bond motifs is 9. The Morgan fingerprint density at radius 1 is 1.08 bits per heavy atom. The largest absolute Gasteiger partial charge is 0.324 e. The molecule has 1 saturated heterocycles. The fraction of sp³-hybridized carbons (Fsp3) is 0.370. The van der Waals surface area contributed by atoms with E-state index < -0.39 is 17.9 Å². The molecule has 3 fully saturated rings. The van der Waals surface area contributed by atoms with E-state index in [0.29, 0.717) is 5.69 Å². The van der Waals surface area contributed by atoms with E-state index in [9.17, 15) is 19.2 Å². The van der Waals surface area contributed by atoms with Gasteiger partial charge in [-0.15, -0.1) is 11.8 Å². The fourth-order valence-corrected chi connectivity index (χ4v) is 10.1. The van der Waals surface area contributed by atoms with Crippen molar-refractivity contribution in [1.82, 2.24) is 14.9 Å². The van der Waals surface area contributed by atoms with Crippen LogP contribution in [-0.4, -0.2) is 43.9 Å². The Bertz CT molecular complexity index is 1470. The number of likely N-dealkylation sites (tertiary alicyclic amines) is 1. The number of nitrogens with zero attached hydrogens (tertiary/aromatic N) is 2. The van der Waals surface area contributed by atoms with Gasteiger partial charge in [0.25, 0.3) is 0 Å². The average molecular weight is 533 g/mol. The zero-order valence-corrected chi connectivity index (χ0v) is 21.5. The maximum absolute atomic E-state index is 13.8. The molecule has 2 aliphatic heterocycles. The number of imide groups is 1. The van der Waals surface area contributed by atoms with Gasteiger partial charge in [0.2, 0.25) is 17.7 Å². The number of hydrogen-bond acceptors (Lipinski definition) is 7. The van der Waals surface area contributed by atoms with Crippen molar-refractivity contribution in [2.24, 2.45) is 29.6 Å². The lowest BCUT2D eigenvalue weighted by Crippen LogP contribution is -2.46. The van der Waals surface area contributed by atoms with Crippen molar-refractivity contribution in [3.8, 4) is 0 Å². The van der Waals surface area contributed by atoms with E-state index in [2.05, 4.69) is 15.3 Å². The highest BCUT2D eigenvalue weighted by molar-refractivity contribution is 8.00. The first kappa shape index (κ1) is 22.9. The topological polar surface area (TPSA) is 112 Å². The van der Waals surface area contributed by atoms with Gasteiger partial charge in [0.1, 0.15) is 6.04 Å². The summed E-state index contributed by atoms with van der Waals surface area (Å²) in [4.78, 5) is 62.3. The molecule has 0 radical (unpaired) electrons. The number of pyridine rings is 1. The Morgan fingerprint density at radius 3 is 2.57 bits per heavy atom. The van der Waals surface area contributed by atoms with Crippen LogP contribution in [0.15, 0.2) is 64.7 Å². The number of nitrogens with one attached hydrogen (secondary N) is 2. The van der Waals surface area contributed by atoms with Gasteiger partial charge in [0, 0.05) is 34.1 Å². The number of amides is 3. The average Bonchev–Trinajstić information content (AvgIpc) is 3.63. The number of H-pyrrole nitrogens is 1. The molecule has 2 saturated carbocycles. The summed E-state index contributed by atoms with van der Waals surface area (Å²) >= 11 is 2.88. The Morgan fingerprint density at radius 2 is 1.84 bits per heavy atom. The molecule has 2 N–H and O–H groups in total. The standard InChI is InChI=1S/C27H24N4O4S2/c1-12(23(32)29-14-7-3-2-4-8-14)31-25(33)19-15-10-16(20(19)26(31)34)21-18(15)17(13-6-5-9-28-11-13)22-24(36-21)30-27(35)37-22/h2-9,11-12,15-21H,10H2,1H3,(H,29,32)(H,30,35). The molecule has 2 aromatic heterocycles. The van der Waals surface area contributed by atoms with Crippen molar-refractivity contribution in [3.05, 3.63) is 75.0 Å². The highest BCUT2D eigenvalue weighted by Gasteiger charge is 2.70. The maximum Gasteiger partial charge on any atom is 0.305 e. The minimum atomic E-state index is -0.896. The Labute approximate surface area is 220 Å². The molecule has 37 heavy (non-hydrogen) atoms. The first-order chi connectivity index (χ1) is 17.9. The number of rotatable bonds is 4. The zero-order valence-electron chi connectivity index (χ0n) is 19.9. The third-order valence-electron chi connectivity index (χ3n) is 8.61. The second-order valence-electron chi connectivity index (χ2n) is 10.3. The molecule has 3 amide bonds. The summed E-state index contributed by atoms with van der Waals surface area (Å²) in [5, 5.41) is 3.81. The summed E-state index contributed by atoms with van der Waals surface area (Å²) < 4.78 is 0. The molecule has 7 rings (SSSR count). The summed E-state index contributed by atoms with van der Waals surface area (Å²) in [6, 6.07) is 12.1. The predicted molar refractivity (Wildman–Crippen MR) is 139 cm³/mol. The molecule has 10 heteroatoms. The molecule has 3 aromatic rings. The van der Waals surface area contributed by atoms with Crippen LogP contribution in [0.2, 0.25) is 0 Å². The van der Waals surface area contributed by atoms with Gasteiger partial charge in [-0.25, -0.2) is 0 Å². The van der Waals surface area contributed by atoms with Crippen molar-refractivity contribution < 1.29 is 14.4 Å². The summed E-state index contributed by atoms with van der Waals surface area (Å²) in [5.41, 5.74) is 1.66. The smallest absolute Gasteiger partial charge is 0.305 e. The van der Waals surface area contributed by atoms with E-state index in [1.807, 2.05) is 36.5 Å². The Hall–Kier alpha value is -3.24. The van der Waals surface area contributed by atoms with Crippen molar-refractivity contribution in [2.75, 3.05) is 5.32 Å². The lowest BCUT2D eigenvalue weighted by molar-refractivity contribution is -0.146. The first-order valence-electron chi connectivity index (χ1n) is 12.5. The van der Waals surface area contributed by atoms with E-state index in [1.165, 1.54) is 16.2 Å². The number of para-hydroxylation sites is 1. The van der Waals surface area contributed by atoms with Crippen LogP contribution < -0.4 is 10.2 Å². The summed E-state index contributed by atoms with van der Waals surface area (Å²) in [6.07, 6.45) is 4.39. The number of aromatic amines is 1. The number of hydrogen-bond donors (Lipinski definition) is 2. The summed E-state index contributed by atoms with van der Waals surface area (Å²) in [7, 11) is 0. The van der Waals surface area contributed by atoms with E-state index in [0.717, 1.165) is 21.9 Å². The van der Waals surface area contributed by atoms with Gasteiger partial charge >= 0.3 is 4.87 Å². The summed E-state index contributed by atoms with van der Waals surface area (Å²) in [5.74, 6) is -1.60. The number of aromatic nitrogens is 2. The van der Waals surface area contributed by atoms with Gasteiger partial charge in [0.05, 0.1) is 16.9 Å². The van der Waals surface area contributed by atoms with Gasteiger partial charge in [0.15, 0.2) is 0 Å². The first-order valence-corrected chi connectivity index (χ1v) is 14.2. The molecule has 2 aliphatic carbocycles. The second kappa shape index (κ2) is 8.39. The third-order valence-corrected chi connectivity index (χ3v) is 11.2. The minimum absolute atomic E-state index is 0.00823. The Balaban J connectivity index is 1.22.